The Morgan fingerprint density at radius 3 is 2.65 bits per heavy atom. The second-order valence-electron chi connectivity index (χ2n) is 4.61. The first-order chi connectivity index (χ1) is 9.60. The van der Waals surface area contributed by atoms with E-state index in [9.17, 15) is 8.78 Å². The van der Waals surface area contributed by atoms with Gasteiger partial charge in [-0.05, 0) is 30.7 Å². The molecule has 2 aromatic rings. The van der Waals surface area contributed by atoms with Gasteiger partial charge in [0.25, 0.3) is 0 Å². The third-order valence-electron chi connectivity index (χ3n) is 3.21. The first-order valence-electron chi connectivity index (χ1n) is 6.41. The maximum absolute atomic E-state index is 13.5. The van der Waals surface area contributed by atoms with Crippen molar-refractivity contribution in [2.75, 3.05) is 7.11 Å². The molecule has 1 N–H and O–H groups in total. The lowest BCUT2D eigenvalue weighted by atomic mass is 10.1. The number of rotatable bonds is 5. The Balaban J connectivity index is 2.02. The lowest BCUT2D eigenvalue weighted by Crippen LogP contribution is -2.18. The van der Waals surface area contributed by atoms with Crippen molar-refractivity contribution >= 4 is 0 Å². The van der Waals surface area contributed by atoms with E-state index in [1.807, 2.05) is 31.2 Å². The van der Waals surface area contributed by atoms with Crippen LogP contribution < -0.4 is 10.1 Å². The smallest absolute Gasteiger partial charge is 0.130 e. The monoisotopic (exact) mass is 277 g/mol. The summed E-state index contributed by atoms with van der Waals surface area (Å²) in [7, 11) is 1.62. The SMILES string of the molecule is COc1cccc([C@H](C)NCc2ccc(F)cc2F)c1. The summed E-state index contributed by atoms with van der Waals surface area (Å²) in [6, 6.07) is 11.3. The fourth-order valence-corrected chi connectivity index (χ4v) is 1.96. The Bertz CT molecular complexity index is 586. The number of benzene rings is 2. The number of halogens is 2. The molecule has 0 fully saturated rings. The van der Waals surface area contributed by atoms with E-state index in [1.54, 1.807) is 7.11 Å². The fraction of sp³-hybridized carbons (Fsp3) is 0.250. The number of hydrogen-bond donors (Lipinski definition) is 1. The topological polar surface area (TPSA) is 21.3 Å². The molecule has 0 aliphatic heterocycles. The van der Waals surface area contributed by atoms with Gasteiger partial charge < -0.3 is 10.1 Å². The van der Waals surface area contributed by atoms with Gasteiger partial charge in [-0.15, -0.1) is 0 Å². The van der Waals surface area contributed by atoms with Crippen molar-refractivity contribution in [2.45, 2.75) is 19.5 Å². The van der Waals surface area contributed by atoms with E-state index in [1.165, 1.54) is 12.1 Å². The van der Waals surface area contributed by atoms with Crippen LogP contribution in [-0.2, 0) is 6.54 Å². The molecule has 2 nitrogen and oxygen atoms in total. The van der Waals surface area contributed by atoms with Gasteiger partial charge in [0.15, 0.2) is 0 Å². The molecule has 0 saturated heterocycles. The van der Waals surface area contributed by atoms with Gasteiger partial charge in [-0.3, -0.25) is 0 Å². The zero-order valence-corrected chi connectivity index (χ0v) is 11.5. The molecule has 0 aromatic heterocycles. The molecule has 0 aliphatic rings. The van der Waals surface area contributed by atoms with Crippen LogP contribution in [0.3, 0.4) is 0 Å². The van der Waals surface area contributed by atoms with Crippen LogP contribution in [0, 0.1) is 11.6 Å². The summed E-state index contributed by atoms with van der Waals surface area (Å²) < 4.78 is 31.5. The Kier molecular flexibility index (Phi) is 4.69. The van der Waals surface area contributed by atoms with Gasteiger partial charge in [-0.2, -0.15) is 0 Å². The molecule has 20 heavy (non-hydrogen) atoms. The quantitative estimate of drug-likeness (QED) is 0.897. The normalized spacial score (nSPS) is 12.2. The van der Waals surface area contributed by atoms with Crippen molar-refractivity contribution in [1.82, 2.24) is 5.32 Å². The Labute approximate surface area is 117 Å². The third kappa shape index (κ3) is 3.54. The highest BCUT2D eigenvalue weighted by Crippen LogP contribution is 2.19. The van der Waals surface area contributed by atoms with Gasteiger partial charge in [-0.25, -0.2) is 8.78 Å². The highest BCUT2D eigenvalue weighted by Gasteiger charge is 2.08. The maximum atomic E-state index is 13.5. The number of nitrogens with one attached hydrogen (secondary N) is 1. The van der Waals surface area contributed by atoms with Crippen molar-refractivity contribution in [3.63, 3.8) is 0 Å². The van der Waals surface area contributed by atoms with Crippen molar-refractivity contribution in [3.05, 3.63) is 65.2 Å². The van der Waals surface area contributed by atoms with Crippen LogP contribution in [0.4, 0.5) is 8.78 Å². The molecule has 4 heteroatoms. The fourth-order valence-electron chi connectivity index (χ4n) is 1.96. The van der Waals surface area contributed by atoms with Crippen LogP contribution in [0.2, 0.25) is 0 Å². The second kappa shape index (κ2) is 6.48. The molecule has 0 amide bonds. The van der Waals surface area contributed by atoms with Gasteiger partial charge in [0.1, 0.15) is 17.4 Å². The number of hydrogen-bond acceptors (Lipinski definition) is 2. The summed E-state index contributed by atoms with van der Waals surface area (Å²) in [6.45, 7) is 2.32. The van der Waals surface area contributed by atoms with Crippen molar-refractivity contribution < 1.29 is 13.5 Å². The van der Waals surface area contributed by atoms with Crippen LogP contribution >= 0.6 is 0 Å². The van der Waals surface area contributed by atoms with Crippen molar-refractivity contribution in [3.8, 4) is 5.75 Å². The predicted octanol–water partition coefficient (Wildman–Crippen LogP) is 3.82. The summed E-state index contributed by atoms with van der Waals surface area (Å²) in [5, 5.41) is 3.21. The van der Waals surface area contributed by atoms with Crippen LogP contribution in [0.15, 0.2) is 42.5 Å². The van der Waals surface area contributed by atoms with Crippen LogP contribution in [0.5, 0.6) is 5.75 Å². The molecule has 1 atom stereocenters. The summed E-state index contributed by atoms with van der Waals surface area (Å²) >= 11 is 0. The summed E-state index contributed by atoms with van der Waals surface area (Å²) in [6.07, 6.45) is 0. The Morgan fingerprint density at radius 1 is 1.15 bits per heavy atom. The van der Waals surface area contributed by atoms with E-state index in [0.717, 1.165) is 17.4 Å². The minimum absolute atomic E-state index is 0.0366. The second-order valence-corrected chi connectivity index (χ2v) is 4.61. The zero-order chi connectivity index (χ0) is 14.5. The van der Waals surface area contributed by atoms with Gasteiger partial charge >= 0.3 is 0 Å². The number of ether oxygens (including phenoxy) is 1. The first kappa shape index (κ1) is 14.5. The van der Waals surface area contributed by atoms with E-state index in [4.69, 9.17) is 4.74 Å². The summed E-state index contributed by atoms with van der Waals surface area (Å²) in [4.78, 5) is 0. The first-order valence-corrected chi connectivity index (χ1v) is 6.41. The molecule has 2 rings (SSSR count). The number of methoxy groups -OCH3 is 1. The van der Waals surface area contributed by atoms with E-state index in [-0.39, 0.29) is 6.04 Å². The molecule has 106 valence electrons. The molecule has 0 heterocycles. The van der Waals surface area contributed by atoms with Gasteiger partial charge in [-0.1, -0.05) is 18.2 Å². The van der Waals surface area contributed by atoms with Crippen LogP contribution in [-0.4, -0.2) is 7.11 Å². The summed E-state index contributed by atoms with van der Waals surface area (Å²) in [5.41, 5.74) is 1.49. The van der Waals surface area contributed by atoms with Crippen molar-refractivity contribution in [1.29, 1.82) is 0 Å². The minimum Gasteiger partial charge on any atom is -0.497 e. The standard InChI is InChI=1S/C16H17F2NO/c1-11(12-4-3-5-15(8-12)20-2)19-10-13-6-7-14(17)9-16(13)18/h3-9,11,19H,10H2,1-2H3/t11-/m0/s1. The zero-order valence-electron chi connectivity index (χ0n) is 11.5. The largest absolute Gasteiger partial charge is 0.497 e. The molecule has 0 aliphatic carbocycles. The molecule has 2 aromatic carbocycles. The molecule has 0 unspecified atom stereocenters. The molecular weight excluding hydrogens is 260 g/mol. The van der Waals surface area contributed by atoms with E-state index in [0.29, 0.717) is 12.1 Å². The van der Waals surface area contributed by atoms with E-state index < -0.39 is 11.6 Å². The lowest BCUT2D eigenvalue weighted by molar-refractivity contribution is 0.413. The minimum atomic E-state index is -0.563. The maximum Gasteiger partial charge on any atom is 0.130 e. The van der Waals surface area contributed by atoms with Crippen LogP contribution in [0.1, 0.15) is 24.1 Å². The molecule has 0 radical (unpaired) electrons. The van der Waals surface area contributed by atoms with E-state index in [2.05, 4.69) is 5.32 Å². The van der Waals surface area contributed by atoms with Crippen molar-refractivity contribution in [2.24, 2.45) is 0 Å². The van der Waals surface area contributed by atoms with Gasteiger partial charge in [0.2, 0.25) is 0 Å². The Morgan fingerprint density at radius 2 is 1.95 bits per heavy atom. The predicted molar refractivity (Wildman–Crippen MR) is 74.6 cm³/mol. The molecule has 0 spiro atoms. The lowest BCUT2D eigenvalue weighted by Gasteiger charge is -2.15. The highest BCUT2D eigenvalue weighted by atomic mass is 19.1. The molecule has 0 bridgehead atoms. The summed E-state index contributed by atoms with van der Waals surface area (Å²) in [5.74, 6) is -0.313. The van der Waals surface area contributed by atoms with Gasteiger partial charge in [0, 0.05) is 24.2 Å². The highest BCUT2D eigenvalue weighted by molar-refractivity contribution is 5.30. The average Bonchev–Trinajstić information content (AvgIpc) is 2.46. The molecule has 0 saturated carbocycles. The van der Waals surface area contributed by atoms with Crippen LogP contribution in [0.25, 0.3) is 0 Å². The molecular formula is C16H17F2NO. The third-order valence-corrected chi connectivity index (χ3v) is 3.21. The average molecular weight is 277 g/mol. The van der Waals surface area contributed by atoms with E-state index >= 15 is 0 Å². The Hall–Kier alpha value is -1.94. The van der Waals surface area contributed by atoms with Gasteiger partial charge in [0.05, 0.1) is 7.11 Å².